The topological polar surface area (TPSA) is 14.1 Å². The van der Waals surface area contributed by atoms with E-state index in [1.807, 2.05) is 6.20 Å². The summed E-state index contributed by atoms with van der Waals surface area (Å²) in [7, 11) is 0. The Morgan fingerprint density at radius 2 is 1.94 bits per heavy atom. The molecule has 0 saturated heterocycles. The monoisotopic (exact) mass is 228 g/mol. The van der Waals surface area contributed by atoms with Crippen LogP contribution in [0.4, 0.5) is 0 Å². The largest absolute Gasteiger partial charge is 0.260 e. The molecule has 1 heteroatoms. The minimum Gasteiger partial charge on any atom is -0.260 e. The molecule has 1 unspecified atom stereocenters. The zero-order chi connectivity index (χ0) is 12.1. The highest BCUT2D eigenvalue weighted by molar-refractivity contribution is 5.56. The Hall–Kier alpha value is -1.24. The van der Waals surface area contributed by atoms with E-state index in [-0.39, 0.29) is 0 Å². The van der Waals surface area contributed by atoms with Crippen molar-refractivity contribution >= 4 is 11.9 Å². The van der Waals surface area contributed by atoms with Crippen LogP contribution in [0.2, 0.25) is 0 Å². The van der Waals surface area contributed by atoms with Crippen LogP contribution < -0.4 is 15.8 Å². The highest BCUT2D eigenvalue weighted by Gasteiger charge is 2.13. The lowest BCUT2D eigenvalue weighted by Crippen LogP contribution is -2.24. The Kier molecular flexibility index (Phi) is 4.24. The lowest BCUT2D eigenvalue weighted by atomic mass is 9.98. The van der Waals surface area contributed by atoms with E-state index in [4.69, 9.17) is 0 Å². The highest BCUT2D eigenvalue weighted by Crippen LogP contribution is 2.18. The molecule has 0 saturated carbocycles. The van der Waals surface area contributed by atoms with Crippen molar-refractivity contribution < 1.29 is 0 Å². The number of hydrogen-bond acceptors (Lipinski definition) is 0. The quantitative estimate of drug-likeness (QED) is 0.665. The molecule has 0 N–H and O–H groups in total. The summed E-state index contributed by atoms with van der Waals surface area (Å²) in [5, 5.41) is 7.22. The van der Waals surface area contributed by atoms with Crippen LogP contribution in [-0.2, 0) is 0 Å². The zero-order valence-electron chi connectivity index (χ0n) is 10.9. The summed E-state index contributed by atoms with van der Waals surface area (Å²) in [6.45, 7) is 4.57. The number of fused-ring (bicyclic) bond motifs is 1. The molecular weight excluding hydrogens is 206 g/mol. The number of hydrogen-bond donors (Lipinski definition) is 0. The zero-order valence-corrected chi connectivity index (χ0v) is 10.9. The van der Waals surface area contributed by atoms with Crippen LogP contribution in [0.5, 0.6) is 0 Å². The Balaban J connectivity index is 2.02. The van der Waals surface area contributed by atoms with Gasteiger partial charge in [0.1, 0.15) is 0 Å². The maximum absolute atomic E-state index is 4.59. The van der Waals surface area contributed by atoms with Crippen molar-refractivity contribution in [3.05, 3.63) is 34.7 Å². The van der Waals surface area contributed by atoms with Gasteiger partial charge in [-0.15, -0.1) is 0 Å². The van der Waals surface area contributed by atoms with E-state index in [1.165, 1.54) is 48.2 Å². The van der Waals surface area contributed by atoms with Crippen molar-refractivity contribution in [1.82, 2.24) is 5.32 Å². The van der Waals surface area contributed by atoms with Gasteiger partial charge in [0, 0.05) is 16.6 Å². The van der Waals surface area contributed by atoms with Gasteiger partial charge in [-0.25, -0.2) is 0 Å². The second-order valence-corrected chi connectivity index (χ2v) is 4.98. The smallest absolute Gasteiger partial charge is 0.0510 e. The van der Waals surface area contributed by atoms with Gasteiger partial charge < -0.3 is 0 Å². The van der Waals surface area contributed by atoms with E-state index in [9.17, 15) is 0 Å². The molecule has 0 bridgehead atoms. The molecule has 2 rings (SSSR count). The molecule has 1 nitrogen and oxygen atoms in total. The summed E-state index contributed by atoms with van der Waals surface area (Å²) in [6, 6.07) is 8.53. The van der Waals surface area contributed by atoms with Crippen LogP contribution in [0.15, 0.2) is 24.3 Å². The van der Waals surface area contributed by atoms with Gasteiger partial charge in [0.25, 0.3) is 0 Å². The molecule has 0 spiro atoms. The number of benzene rings is 1. The van der Waals surface area contributed by atoms with Gasteiger partial charge in [-0.1, -0.05) is 63.8 Å². The van der Waals surface area contributed by atoms with Gasteiger partial charge >= 0.3 is 0 Å². The lowest BCUT2D eigenvalue weighted by Gasteiger charge is -2.12. The fourth-order valence-corrected chi connectivity index (χ4v) is 2.46. The molecule has 1 heterocycles. The van der Waals surface area contributed by atoms with E-state index >= 15 is 0 Å². The first kappa shape index (κ1) is 12.2. The van der Waals surface area contributed by atoms with E-state index in [1.54, 1.807) is 0 Å². The molecule has 0 aliphatic carbocycles. The summed E-state index contributed by atoms with van der Waals surface area (Å²) in [5.74, 6) is 0.590. The molecule has 0 aromatic heterocycles. The molecule has 1 aliphatic rings. The Labute approximate surface area is 104 Å². The fourth-order valence-electron chi connectivity index (χ4n) is 2.46. The molecule has 1 radical (unpaired) electrons. The molecule has 1 aromatic carbocycles. The Bertz CT molecular complexity index is 473. The Morgan fingerprint density at radius 1 is 1.12 bits per heavy atom. The van der Waals surface area contributed by atoms with Gasteiger partial charge in [0.2, 0.25) is 0 Å². The van der Waals surface area contributed by atoms with E-state index < -0.39 is 0 Å². The van der Waals surface area contributed by atoms with Crippen LogP contribution in [0, 0.1) is 5.92 Å². The van der Waals surface area contributed by atoms with Crippen LogP contribution in [0.25, 0.3) is 11.9 Å². The molecule has 0 fully saturated rings. The van der Waals surface area contributed by atoms with Crippen LogP contribution in [0.3, 0.4) is 0 Å². The van der Waals surface area contributed by atoms with Crippen LogP contribution in [0.1, 0.15) is 46.0 Å². The average Bonchev–Trinajstić information content (AvgIpc) is 2.78. The standard InChI is InChI=1S/C16H22N/c1-3-4-5-6-9-13(2)16-15-11-8-7-10-14(15)12-17-16/h7-8,10-13H,3-6,9H2,1-2H3. The summed E-state index contributed by atoms with van der Waals surface area (Å²) >= 11 is 0. The fraction of sp³-hybridized carbons (Fsp3) is 0.500. The second-order valence-electron chi connectivity index (χ2n) is 4.98. The van der Waals surface area contributed by atoms with Crippen molar-refractivity contribution in [2.45, 2.75) is 46.0 Å². The minimum absolute atomic E-state index is 0.590. The van der Waals surface area contributed by atoms with Crippen molar-refractivity contribution in [3.8, 4) is 0 Å². The van der Waals surface area contributed by atoms with Gasteiger partial charge in [-0.3, -0.25) is 5.32 Å². The first-order chi connectivity index (χ1) is 8.33. The van der Waals surface area contributed by atoms with Crippen LogP contribution in [-0.4, -0.2) is 0 Å². The summed E-state index contributed by atoms with van der Waals surface area (Å²) in [5.41, 5.74) is 1.29. The average molecular weight is 228 g/mol. The lowest BCUT2D eigenvalue weighted by molar-refractivity contribution is 0.561. The predicted molar refractivity (Wildman–Crippen MR) is 73.6 cm³/mol. The van der Waals surface area contributed by atoms with Gasteiger partial charge in [0.15, 0.2) is 0 Å². The first-order valence-electron chi connectivity index (χ1n) is 6.83. The second kappa shape index (κ2) is 5.90. The summed E-state index contributed by atoms with van der Waals surface area (Å²) in [4.78, 5) is 0. The molecule has 1 atom stereocenters. The number of nitrogens with zero attached hydrogens (tertiary/aromatic N) is 1. The van der Waals surface area contributed by atoms with E-state index in [2.05, 4.69) is 43.4 Å². The van der Waals surface area contributed by atoms with Gasteiger partial charge in [0.05, 0.1) is 5.70 Å². The molecule has 17 heavy (non-hydrogen) atoms. The van der Waals surface area contributed by atoms with Crippen LogP contribution >= 0.6 is 0 Å². The number of rotatable bonds is 6. The highest BCUT2D eigenvalue weighted by atomic mass is 14.9. The SMILES string of the molecule is CCCCCCC(C)C1=c2ccccc2=C[N]1. The summed E-state index contributed by atoms with van der Waals surface area (Å²) < 4.78 is 0. The van der Waals surface area contributed by atoms with Gasteiger partial charge in [-0.05, 0) is 12.3 Å². The number of unbranched alkanes of at least 4 members (excludes halogenated alkanes) is 3. The normalized spacial score (nSPS) is 15.1. The minimum atomic E-state index is 0.590. The Morgan fingerprint density at radius 3 is 2.76 bits per heavy atom. The molecule has 0 amide bonds. The maximum Gasteiger partial charge on any atom is 0.0510 e. The maximum atomic E-state index is 4.59. The third kappa shape index (κ3) is 2.91. The molecule has 1 aromatic rings. The van der Waals surface area contributed by atoms with Crippen molar-refractivity contribution in [1.29, 1.82) is 0 Å². The predicted octanol–water partition coefficient (Wildman–Crippen LogP) is 2.76. The third-order valence-electron chi connectivity index (χ3n) is 3.54. The van der Waals surface area contributed by atoms with Crippen molar-refractivity contribution in [2.75, 3.05) is 0 Å². The first-order valence-corrected chi connectivity index (χ1v) is 6.83. The molecular formula is C16H22N. The molecule has 1 aliphatic heterocycles. The van der Waals surface area contributed by atoms with Gasteiger partial charge in [-0.2, -0.15) is 0 Å². The van der Waals surface area contributed by atoms with Crippen molar-refractivity contribution in [2.24, 2.45) is 5.92 Å². The van der Waals surface area contributed by atoms with E-state index in [0.29, 0.717) is 5.92 Å². The molecule has 91 valence electrons. The van der Waals surface area contributed by atoms with E-state index in [0.717, 1.165) is 0 Å². The summed E-state index contributed by atoms with van der Waals surface area (Å²) in [6.07, 6.45) is 8.64. The third-order valence-corrected chi connectivity index (χ3v) is 3.54. The van der Waals surface area contributed by atoms with Crippen molar-refractivity contribution in [3.63, 3.8) is 0 Å².